The molecule has 0 unspecified atom stereocenters. The number of rotatable bonds is 1. The van der Waals surface area contributed by atoms with Crippen molar-refractivity contribution in [3.05, 3.63) is 72.0 Å². The van der Waals surface area contributed by atoms with E-state index < -0.39 is 0 Å². The molecule has 4 heteroatoms. The van der Waals surface area contributed by atoms with Gasteiger partial charge in [0.05, 0.1) is 11.2 Å². The van der Waals surface area contributed by atoms with Crippen LogP contribution in [-0.4, -0.2) is 9.97 Å². The van der Waals surface area contributed by atoms with E-state index in [1.807, 2.05) is 54.6 Å². The normalized spacial score (nSPS) is 11.5. The van der Waals surface area contributed by atoms with Gasteiger partial charge in [0.2, 0.25) is 5.28 Å². The summed E-state index contributed by atoms with van der Waals surface area (Å²) >= 11 is 6.15. The average Bonchev–Trinajstić information content (AvgIpc) is 3.00. The van der Waals surface area contributed by atoms with Crippen molar-refractivity contribution >= 4 is 44.4 Å². The Balaban J connectivity index is 1.94. The Bertz CT molecular complexity index is 1230. The van der Waals surface area contributed by atoms with E-state index >= 15 is 0 Å². The Morgan fingerprint density at radius 3 is 2.38 bits per heavy atom. The van der Waals surface area contributed by atoms with Gasteiger partial charge in [-0.15, -0.1) is 0 Å². The van der Waals surface area contributed by atoms with E-state index in [4.69, 9.17) is 16.0 Å². The maximum Gasteiger partial charge on any atom is 0.223 e. The molecule has 0 bridgehead atoms. The summed E-state index contributed by atoms with van der Waals surface area (Å²) in [6.07, 6.45) is 0. The van der Waals surface area contributed by atoms with Gasteiger partial charge in [-0.3, -0.25) is 0 Å². The molecule has 0 N–H and O–H groups in total. The van der Waals surface area contributed by atoms with Crippen LogP contribution in [0.1, 0.15) is 0 Å². The summed E-state index contributed by atoms with van der Waals surface area (Å²) in [5.41, 5.74) is 4.21. The molecule has 0 aliphatic rings. The smallest absolute Gasteiger partial charge is 0.223 e. The standard InChI is InChI=1S/C20H11ClN2O/c21-20-22-16-10-3-1-7-14(16)18(23-20)15-9-5-8-13-12-6-2-4-11-17(12)24-19(13)15/h1-11H. The van der Waals surface area contributed by atoms with E-state index in [0.29, 0.717) is 0 Å². The molecule has 2 heterocycles. The first kappa shape index (κ1) is 13.5. The summed E-state index contributed by atoms with van der Waals surface area (Å²) in [4.78, 5) is 8.79. The number of furan rings is 1. The van der Waals surface area contributed by atoms with Crippen molar-refractivity contribution in [3.8, 4) is 11.3 Å². The summed E-state index contributed by atoms with van der Waals surface area (Å²) in [6.45, 7) is 0. The van der Waals surface area contributed by atoms with Crippen LogP contribution in [0.4, 0.5) is 0 Å². The molecular formula is C20H11ClN2O. The van der Waals surface area contributed by atoms with Gasteiger partial charge in [-0.25, -0.2) is 9.97 Å². The first-order valence-corrected chi connectivity index (χ1v) is 8.02. The Hall–Kier alpha value is -2.91. The third-order valence-corrected chi connectivity index (χ3v) is 4.40. The number of fused-ring (bicyclic) bond motifs is 4. The Morgan fingerprint density at radius 2 is 1.46 bits per heavy atom. The van der Waals surface area contributed by atoms with Crippen molar-refractivity contribution in [2.45, 2.75) is 0 Å². The maximum absolute atomic E-state index is 6.15. The molecule has 3 aromatic carbocycles. The fraction of sp³-hybridized carbons (Fsp3) is 0. The van der Waals surface area contributed by atoms with E-state index in [1.165, 1.54) is 0 Å². The molecule has 0 radical (unpaired) electrons. The van der Waals surface area contributed by atoms with Crippen molar-refractivity contribution in [2.24, 2.45) is 0 Å². The second kappa shape index (κ2) is 5.05. The molecule has 114 valence electrons. The van der Waals surface area contributed by atoms with Crippen LogP contribution in [0.15, 0.2) is 71.1 Å². The molecule has 5 aromatic rings. The molecule has 0 aliphatic heterocycles. The quantitative estimate of drug-likeness (QED) is 0.362. The fourth-order valence-electron chi connectivity index (χ4n) is 3.19. The monoisotopic (exact) mass is 330 g/mol. The highest BCUT2D eigenvalue weighted by Crippen LogP contribution is 2.37. The first-order valence-electron chi connectivity index (χ1n) is 7.64. The van der Waals surface area contributed by atoms with E-state index in [0.717, 1.165) is 44.1 Å². The van der Waals surface area contributed by atoms with Crippen molar-refractivity contribution < 1.29 is 4.42 Å². The van der Waals surface area contributed by atoms with E-state index in [1.54, 1.807) is 0 Å². The van der Waals surface area contributed by atoms with Crippen LogP contribution in [-0.2, 0) is 0 Å². The average molecular weight is 331 g/mol. The molecule has 0 saturated carbocycles. The van der Waals surface area contributed by atoms with E-state index in [-0.39, 0.29) is 5.28 Å². The number of aromatic nitrogens is 2. The molecule has 0 spiro atoms. The third kappa shape index (κ3) is 1.92. The topological polar surface area (TPSA) is 38.9 Å². The van der Waals surface area contributed by atoms with Crippen LogP contribution in [0.25, 0.3) is 44.1 Å². The van der Waals surface area contributed by atoms with Crippen LogP contribution in [0, 0.1) is 0 Å². The number of hydrogen-bond donors (Lipinski definition) is 0. The lowest BCUT2D eigenvalue weighted by Gasteiger charge is -2.06. The number of halogens is 1. The predicted molar refractivity (Wildman–Crippen MR) is 97.3 cm³/mol. The predicted octanol–water partition coefficient (Wildman–Crippen LogP) is 5.85. The van der Waals surface area contributed by atoms with Crippen LogP contribution in [0.2, 0.25) is 5.28 Å². The zero-order valence-corrected chi connectivity index (χ0v) is 13.3. The summed E-state index contributed by atoms with van der Waals surface area (Å²) in [5, 5.41) is 3.35. The van der Waals surface area contributed by atoms with Crippen LogP contribution >= 0.6 is 11.6 Å². The van der Waals surface area contributed by atoms with Crippen molar-refractivity contribution in [1.29, 1.82) is 0 Å². The van der Waals surface area contributed by atoms with Gasteiger partial charge in [0.15, 0.2) is 0 Å². The maximum atomic E-state index is 6.15. The van der Waals surface area contributed by atoms with Gasteiger partial charge in [-0.1, -0.05) is 48.5 Å². The Labute approximate surface area is 142 Å². The molecule has 3 nitrogen and oxygen atoms in total. The minimum Gasteiger partial charge on any atom is -0.455 e. The summed E-state index contributed by atoms with van der Waals surface area (Å²) in [6, 6.07) is 22.0. The summed E-state index contributed by atoms with van der Waals surface area (Å²) in [7, 11) is 0. The molecule has 0 aliphatic carbocycles. The van der Waals surface area contributed by atoms with Crippen LogP contribution in [0.5, 0.6) is 0 Å². The highest BCUT2D eigenvalue weighted by atomic mass is 35.5. The van der Waals surface area contributed by atoms with Gasteiger partial charge in [0, 0.05) is 21.7 Å². The highest BCUT2D eigenvalue weighted by Gasteiger charge is 2.15. The first-order chi connectivity index (χ1) is 11.8. The molecular weight excluding hydrogens is 320 g/mol. The minimum atomic E-state index is 0.233. The second-order valence-corrected chi connectivity index (χ2v) is 5.98. The zero-order valence-electron chi connectivity index (χ0n) is 12.5. The van der Waals surface area contributed by atoms with Gasteiger partial charge >= 0.3 is 0 Å². The molecule has 2 aromatic heterocycles. The van der Waals surface area contributed by atoms with Gasteiger partial charge in [-0.2, -0.15) is 0 Å². The lowest BCUT2D eigenvalue weighted by molar-refractivity contribution is 0.670. The zero-order chi connectivity index (χ0) is 16.1. The Kier molecular flexibility index (Phi) is 2.84. The molecule has 24 heavy (non-hydrogen) atoms. The molecule has 0 saturated heterocycles. The minimum absolute atomic E-state index is 0.233. The third-order valence-electron chi connectivity index (χ3n) is 4.24. The largest absolute Gasteiger partial charge is 0.455 e. The lowest BCUT2D eigenvalue weighted by Crippen LogP contribution is -1.91. The molecule has 0 atom stereocenters. The number of hydrogen-bond acceptors (Lipinski definition) is 3. The molecule has 0 fully saturated rings. The van der Waals surface area contributed by atoms with Gasteiger partial charge in [-0.05, 0) is 29.8 Å². The number of benzene rings is 3. The van der Waals surface area contributed by atoms with E-state index in [9.17, 15) is 0 Å². The number of nitrogens with zero attached hydrogens (tertiary/aromatic N) is 2. The van der Waals surface area contributed by atoms with Crippen LogP contribution in [0.3, 0.4) is 0 Å². The molecule has 0 amide bonds. The van der Waals surface area contributed by atoms with Gasteiger partial charge in [0.25, 0.3) is 0 Å². The van der Waals surface area contributed by atoms with Crippen LogP contribution < -0.4 is 0 Å². The lowest BCUT2D eigenvalue weighted by atomic mass is 10.0. The highest BCUT2D eigenvalue weighted by molar-refractivity contribution is 6.29. The SMILES string of the molecule is Clc1nc(-c2cccc3c2oc2ccccc23)c2ccccc2n1. The second-order valence-electron chi connectivity index (χ2n) is 5.64. The fourth-order valence-corrected chi connectivity index (χ4v) is 3.36. The van der Waals surface area contributed by atoms with E-state index in [2.05, 4.69) is 22.1 Å². The van der Waals surface area contributed by atoms with Gasteiger partial charge in [0.1, 0.15) is 11.2 Å². The van der Waals surface area contributed by atoms with Crippen molar-refractivity contribution in [3.63, 3.8) is 0 Å². The summed E-state index contributed by atoms with van der Waals surface area (Å²) in [5.74, 6) is 0. The van der Waals surface area contributed by atoms with Gasteiger partial charge < -0.3 is 4.42 Å². The summed E-state index contributed by atoms with van der Waals surface area (Å²) < 4.78 is 6.12. The van der Waals surface area contributed by atoms with Crippen molar-refractivity contribution in [2.75, 3.05) is 0 Å². The Morgan fingerprint density at radius 1 is 0.708 bits per heavy atom. The number of para-hydroxylation sites is 3. The van der Waals surface area contributed by atoms with Crippen molar-refractivity contribution in [1.82, 2.24) is 9.97 Å². The molecule has 5 rings (SSSR count).